The number of aryl methyl sites for hydroxylation is 1. The Morgan fingerprint density at radius 1 is 1.22 bits per heavy atom. The molecule has 0 saturated carbocycles. The lowest BCUT2D eigenvalue weighted by Crippen LogP contribution is -2.85. The molecule has 102 valence electrons. The van der Waals surface area contributed by atoms with Gasteiger partial charge in [0, 0.05) is 0 Å². The van der Waals surface area contributed by atoms with E-state index in [2.05, 4.69) is 51.2 Å². The van der Waals surface area contributed by atoms with Crippen molar-refractivity contribution in [3.63, 3.8) is 0 Å². The molecule has 1 aromatic carbocycles. The molecular weight excluding hydrogens is 222 g/mol. The van der Waals surface area contributed by atoms with Gasteiger partial charge in [0.15, 0.2) is 0 Å². The van der Waals surface area contributed by atoms with E-state index in [9.17, 15) is 0 Å². The predicted molar refractivity (Wildman–Crippen MR) is 77.3 cm³/mol. The van der Waals surface area contributed by atoms with Crippen LogP contribution in [0.15, 0.2) is 18.2 Å². The van der Waals surface area contributed by atoms with Crippen molar-refractivity contribution in [3.05, 3.63) is 29.3 Å². The highest BCUT2D eigenvalue weighted by molar-refractivity contribution is 5.37. The molecule has 0 atom stereocenters. The molecule has 0 bridgehead atoms. The largest absolute Gasteiger partial charge is 0.487 e. The lowest BCUT2D eigenvalue weighted by molar-refractivity contribution is -0.655. The summed E-state index contributed by atoms with van der Waals surface area (Å²) in [5.41, 5.74) is 2.58. The van der Waals surface area contributed by atoms with Crippen LogP contribution >= 0.6 is 0 Å². The Hall–Kier alpha value is -1.02. The number of ether oxygens (including phenoxy) is 1. The van der Waals surface area contributed by atoms with Gasteiger partial charge in [-0.05, 0) is 36.5 Å². The second-order valence-corrected chi connectivity index (χ2v) is 5.25. The maximum atomic E-state index is 5.88. The van der Waals surface area contributed by atoms with Crippen molar-refractivity contribution in [2.75, 3.05) is 19.7 Å². The zero-order valence-corrected chi connectivity index (χ0v) is 12.3. The maximum absolute atomic E-state index is 5.88. The van der Waals surface area contributed by atoms with E-state index in [4.69, 9.17) is 4.74 Å². The summed E-state index contributed by atoms with van der Waals surface area (Å²) in [5.74, 6) is 1.61. The standard InChI is InChI=1S/C16H27NO/c1-5-6-9-17-10-11-18-16-12-15(13(2)3)8-7-14(16)4/h7-8,12-13,17H,5-6,9-11H2,1-4H3/p+1. The first kappa shape index (κ1) is 15.0. The molecule has 2 heteroatoms. The molecule has 2 N–H and O–H groups in total. The maximum Gasteiger partial charge on any atom is 0.137 e. The van der Waals surface area contributed by atoms with Crippen LogP contribution in [0.3, 0.4) is 0 Å². The Kier molecular flexibility index (Phi) is 6.81. The van der Waals surface area contributed by atoms with Crippen LogP contribution in [0.25, 0.3) is 0 Å². The van der Waals surface area contributed by atoms with E-state index in [-0.39, 0.29) is 0 Å². The molecule has 0 fully saturated rings. The van der Waals surface area contributed by atoms with Crippen LogP contribution in [0, 0.1) is 6.92 Å². The lowest BCUT2D eigenvalue weighted by Gasteiger charge is -2.12. The fourth-order valence-corrected chi connectivity index (χ4v) is 1.88. The molecule has 0 spiro atoms. The molecular formula is C16H28NO+. The summed E-state index contributed by atoms with van der Waals surface area (Å²) in [7, 11) is 0. The Labute approximate surface area is 112 Å². The molecule has 0 aromatic heterocycles. The highest BCUT2D eigenvalue weighted by Gasteiger charge is 2.04. The molecule has 0 radical (unpaired) electrons. The normalized spacial score (nSPS) is 10.9. The van der Waals surface area contributed by atoms with Crippen molar-refractivity contribution in [2.24, 2.45) is 0 Å². The molecule has 0 aliphatic rings. The van der Waals surface area contributed by atoms with Crippen LogP contribution in [0.1, 0.15) is 50.7 Å². The summed E-state index contributed by atoms with van der Waals surface area (Å²) in [4.78, 5) is 0. The fourth-order valence-electron chi connectivity index (χ4n) is 1.88. The van der Waals surface area contributed by atoms with Crippen LogP contribution in [-0.4, -0.2) is 19.7 Å². The van der Waals surface area contributed by atoms with Crippen LogP contribution < -0.4 is 10.1 Å². The average Bonchev–Trinajstić information content (AvgIpc) is 2.35. The average molecular weight is 250 g/mol. The van der Waals surface area contributed by atoms with Gasteiger partial charge in [-0.3, -0.25) is 0 Å². The van der Waals surface area contributed by atoms with Gasteiger partial charge >= 0.3 is 0 Å². The van der Waals surface area contributed by atoms with Gasteiger partial charge in [-0.25, -0.2) is 0 Å². The highest BCUT2D eigenvalue weighted by Crippen LogP contribution is 2.23. The minimum atomic E-state index is 0.559. The number of rotatable bonds is 8. The fraction of sp³-hybridized carbons (Fsp3) is 0.625. The summed E-state index contributed by atoms with van der Waals surface area (Å²) in [6, 6.07) is 6.54. The summed E-state index contributed by atoms with van der Waals surface area (Å²) >= 11 is 0. The minimum Gasteiger partial charge on any atom is -0.487 e. The van der Waals surface area contributed by atoms with Crippen LogP contribution in [0.2, 0.25) is 0 Å². The van der Waals surface area contributed by atoms with Crippen molar-refractivity contribution in [1.29, 1.82) is 0 Å². The van der Waals surface area contributed by atoms with Gasteiger partial charge in [0.05, 0.1) is 6.54 Å². The molecule has 0 heterocycles. The van der Waals surface area contributed by atoms with Gasteiger partial charge in [0.1, 0.15) is 18.9 Å². The van der Waals surface area contributed by atoms with E-state index in [0.29, 0.717) is 5.92 Å². The van der Waals surface area contributed by atoms with E-state index in [1.165, 1.54) is 30.5 Å². The second-order valence-electron chi connectivity index (χ2n) is 5.25. The van der Waals surface area contributed by atoms with Crippen LogP contribution in [0.4, 0.5) is 0 Å². The Morgan fingerprint density at radius 3 is 2.67 bits per heavy atom. The zero-order chi connectivity index (χ0) is 13.4. The number of benzene rings is 1. The predicted octanol–water partition coefficient (Wildman–Crippen LogP) is 2.86. The van der Waals surface area contributed by atoms with Crippen LogP contribution in [-0.2, 0) is 0 Å². The topological polar surface area (TPSA) is 25.8 Å². The van der Waals surface area contributed by atoms with Gasteiger partial charge in [0.25, 0.3) is 0 Å². The van der Waals surface area contributed by atoms with Gasteiger partial charge in [0.2, 0.25) is 0 Å². The molecule has 0 aliphatic carbocycles. The first-order valence-electron chi connectivity index (χ1n) is 7.20. The summed E-state index contributed by atoms with van der Waals surface area (Å²) in [5, 5.41) is 2.34. The van der Waals surface area contributed by atoms with Crippen molar-refractivity contribution in [3.8, 4) is 5.75 Å². The van der Waals surface area contributed by atoms with Crippen LogP contribution in [0.5, 0.6) is 5.75 Å². The van der Waals surface area contributed by atoms with E-state index >= 15 is 0 Å². The van der Waals surface area contributed by atoms with Gasteiger partial charge in [-0.15, -0.1) is 0 Å². The second kappa shape index (κ2) is 8.15. The Morgan fingerprint density at radius 2 is 2.00 bits per heavy atom. The van der Waals surface area contributed by atoms with Crippen molar-refractivity contribution < 1.29 is 10.1 Å². The van der Waals surface area contributed by atoms with Gasteiger partial charge in [-0.1, -0.05) is 39.3 Å². The van der Waals surface area contributed by atoms with Crippen molar-refractivity contribution >= 4 is 0 Å². The number of nitrogens with two attached hydrogens (primary N) is 1. The van der Waals surface area contributed by atoms with Gasteiger partial charge < -0.3 is 10.1 Å². The van der Waals surface area contributed by atoms with E-state index < -0.39 is 0 Å². The van der Waals surface area contributed by atoms with E-state index in [0.717, 1.165) is 18.9 Å². The molecule has 1 aromatic rings. The van der Waals surface area contributed by atoms with E-state index in [1.54, 1.807) is 0 Å². The van der Waals surface area contributed by atoms with Crippen molar-refractivity contribution in [2.45, 2.75) is 46.5 Å². The molecule has 1 rings (SSSR count). The van der Waals surface area contributed by atoms with Gasteiger partial charge in [-0.2, -0.15) is 0 Å². The number of unbranched alkanes of at least 4 members (excludes halogenated alkanes) is 1. The zero-order valence-electron chi connectivity index (χ0n) is 12.3. The first-order valence-corrected chi connectivity index (χ1v) is 7.20. The number of hydrogen-bond acceptors (Lipinski definition) is 1. The highest BCUT2D eigenvalue weighted by atomic mass is 16.5. The number of quaternary nitrogens is 1. The smallest absolute Gasteiger partial charge is 0.137 e. The third-order valence-electron chi connectivity index (χ3n) is 3.22. The first-order chi connectivity index (χ1) is 8.65. The molecule has 0 aliphatic heterocycles. The van der Waals surface area contributed by atoms with Crippen molar-refractivity contribution in [1.82, 2.24) is 0 Å². The third-order valence-corrected chi connectivity index (χ3v) is 3.22. The lowest BCUT2D eigenvalue weighted by atomic mass is 10.0. The summed E-state index contributed by atoms with van der Waals surface area (Å²) in [6.45, 7) is 11.8. The Balaban J connectivity index is 2.39. The monoisotopic (exact) mass is 250 g/mol. The minimum absolute atomic E-state index is 0.559. The quantitative estimate of drug-likeness (QED) is 0.705. The van der Waals surface area contributed by atoms with E-state index in [1.807, 2.05) is 0 Å². The molecule has 0 unspecified atom stereocenters. The molecule has 2 nitrogen and oxygen atoms in total. The molecule has 0 amide bonds. The number of hydrogen-bond donors (Lipinski definition) is 1. The molecule has 0 saturated heterocycles. The summed E-state index contributed by atoms with van der Waals surface area (Å²) in [6.07, 6.45) is 2.56. The molecule has 18 heavy (non-hydrogen) atoms. The third kappa shape index (κ3) is 5.09. The summed E-state index contributed by atoms with van der Waals surface area (Å²) < 4.78 is 5.88. The Bertz CT molecular complexity index is 347. The SMILES string of the molecule is CCCC[NH2+]CCOc1cc(C(C)C)ccc1C.